The van der Waals surface area contributed by atoms with Crippen molar-refractivity contribution < 1.29 is 0 Å². The van der Waals surface area contributed by atoms with Gasteiger partial charge in [-0.05, 0) is 54.2 Å². The number of nitrogens with two attached hydrogens (primary N) is 2. The van der Waals surface area contributed by atoms with Crippen LogP contribution in [0, 0.1) is 25.2 Å². The molecule has 0 bridgehead atoms. The molecule has 0 fully saturated rings. The molecule has 0 amide bonds. The molecule has 5 nitrogen and oxygen atoms in total. The molecule has 2 aromatic rings. The predicted octanol–water partition coefficient (Wildman–Crippen LogP) is 4.58. The molecule has 0 aliphatic rings. The van der Waals surface area contributed by atoms with E-state index >= 15 is 0 Å². The Bertz CT molecular complexity index is 940. The second-order valence-electron chi connectivity index (χ2n) is 6.30. The molecule has 1 unspecified atom stereocenters. The van der Waals surface area contributed by atoms with E-state index in [0.717, 1.165) is 21.7 Å². The average Bonchev–Trinajstić information content (AvgIpc) is 2.64. The Morgan fingerprint density at radius 3 is 2.44 bits per heavy atom. The average molecular weight is 380 g/mol. The summed E-state index contributed by atoms with van der Waals surface area (Å²) < 4.78 is 0. The first-order chi connectivity index (χ1) is 12.8. The van der Waals surface area contributed by atoms with Crippen molar-refractivity contribution in [1.82, 2.24) is 0 Å². The predicted molar refractivity (Wildman–Crippen MR) is 113 cm³/mol. The quantitative estimate of drug-likeness (QED) is 0.587. The summed E-state index contributed by atoms with van der Waals surface area (Å²) in [6, 6.07) is 11.8. The molecular weight excluding hydrogens is 358 g/mol. The maximum atomic E-state index is 9.35. The lowest BCUT2D eigenvalue weighted by Crippen LogP contribution is -2.22. The largest absolute Gasteiger partial charge is 0.370 e. The number of hydrogen-bond donors (Lipinski definition) is 2. The molecule has 2 rings (SSSR count). The number of nitriles is 1. The highest BCUT2D eigenvalue weighted by molar-refractivity contribution is 6.32. The van der Waals surface area contributed by atoms with E-state index in [-0.39, 0.29) is 11.9 Å². The zero-order chi connectivity index (χ0) is 20.0. The zero-order valence-corrected chi connectivity index (χ0v) is 16.3. The fourth-order valence-corrected chi connectivity index (χ4v) is 2.74. The van der Waals surface area contributed by atoms with E-state index in [0.29, 0.717) is 11.3 Å². The molecule has 0 aromatic heterocycles. The number of aryl methyl sites for hydroxylation is 2. The molecule has 138 valence electrons. The monoisotopic (exact) mass is 379 g/mol. The number of halogens is 1. The summed E-state index contributed by atoms with van der Waals surface area (Å²) in [6.45, 7) is 6.14. The number of hydrogen-bond acceptors (Lipinski definition) is 2. The van der Waals surface area contributed by atoms with E-state index in [4.69, 9.17) is 23.1 Å². The van der Waals surface area contributed by atoms with E-state index in [1.807, 2.05) is 26.0 Å². The van der Waals surface area contributed by atoms with E-state index in [9.17, 15) is 5.26 Å². The first kappa shape index (κ1) is 20.2. The summed E-state index contributed by atoms with van der Waals surface area (Å²) in [7, 11) is 0. The van der Waals surface area contributed by atoms with Crippen molar-refractivity contribution in [2.24, 2.45) is 21.5 Å². The summed E-state index contributed by atoms with van der Waals surface area (Å²) in [6.07, 6.45) is 5.32. The minimum absolute atomic E-state index is 0.0847. The molecule has 4 N–H and O–H groups in total. The lowest BCUT2D eigenvalue weighted by atomic mass is 9.96. The van der Waals surface area contributed by atoms with Crippen molar-refractivity contribution >= 4 is 35.7 Å². The van der Waals surface area contributed by atoms with Crippen LogP contribution < -0.4 is 11.5 Å². The van der Waals surface area contributed by atoms with Crippen LogP contribution in [0.1, 0.15) is 40.7 Å². The number of nitrogens with zero attached hydrogens (tertiary/aromatic N) is 3. The SMILES string of the molecule is Cc1cc(C(C)/C=C/c2ccc(N=CN=C(N)N)c(C#N)c2)cc(C)c1Cl. The number of aliphatic imine (C=N–C) groups is 2. The van der Waals surface area contributed by atoms with Crippen molar-refractivity contribution in [3.05, 3.63) is 69.2 Å². The van der Waals surface area contributed by atoms with Gasteiger partial charge in [0.25, 0.3) is 0 Å². The van der Waals surface area contributed by atoms with E-state index in [2.05, 4.69) is 41.2 Å². The van der Waals surface area contributed by atoms with Gasteiger partial charge in [-0.2, -0.15) is 5.26 Å². The fraction of sp³-hybridized carbons (Fsp3) is 0.190. The third kappa shape index (κ3) is 5.44. The second-order valence-corrected chi connectivity index (χ2v) is 6.68. The van der Waals surface area contributed by atoms with Crippen LogP contribution in [-0.4, -0.2) is 12.3 Å². The zero-order valence-electron chi connectivity index (χ0n) is 15.6. The number of benzene rings is 2. The normalized spacial score (nSPS) is 12.3. The molecule has 0 radical (unpaired) electrons. The maximum absolute atomic E-state index is 9.35. The molecule has 0 spiro atoms. The second kappa shape index (κ2) is 9.02. The first-order valence-electron chi connectivity index (χ1n) is 8.42. The Morgan fingerprint density at radius 2 is 1.85 bits per heavy atom. The molecule has 0 aliphatic carbocycles. The molecule has 0 heterocycles. The van der Waals surface area contributed by atoms with Gasteiger partial charge in [-0.25, -0.2) is 9.98 Å². The minimum atomic E-state index is -0.0847. The molecule has 0 saturated heterocycles. The van der Waals surface area contributed by atoms with Gasteiger partial charge in [-0.3, -0.25) is 0 Å². The van der Waals surface area contributed by atoms with E-state index in [1.54, 1.807) is 12.1 Å². The topological polar surface area (TPSA) is 101 Å². The summed E-state index contributed by atoms with van der Waals surface area (Å²) in [4.78, 5) is 7.78. The van der Waals surface area contributed by atoms with Crippen LogP contribution in [0.4, 0.5) is 5.69 Å². The Labute approximate surface area is 164 Å². The Kier molecular flexibility index (Phi) is 6.75. The summed E-state index contributed by atoms with van der Waals surface area (Å²) in [5.41, 5.74) is 15.7. The van der Waals surface area contributed by atoms with Gasteiger partial charge in [0.2, 0.25) is 0 Å². The Balaban J connectivity index is 2.23. The standard InChI is InChI=1S/C21H22ClN5/c1-13(17-8-14(2)20(22)15(3)9-17)4-5-16-6-7-19(18(10-16)11-23)26-12-27-21(24)25/h4-10,12-13H,1-3H3,(H4,24,25,26,27)/b5-4+. The van der Waals surface area contributed by atoms with Crippen LogP contribution in [-0.2, 0) is 0 Å². The lowest BCUT2D eigenvalue weighted by molar-refractivity contribution is 0.966. The molecule has 1 atom stereocenters. The Morgan fingerprint density at radius 1 is 1.19 bits per heavy atom. The van der Waals surface area contributed by atoms with Gasteiger partial charge >= 0.3 is 0 Å². The fourth-order valence-electron chi connectivity index (χ4n) is 2.63. The van der Waals surface area contributed by atoms with Crippen molar-refractivity contribution in [2.75, 3.05) is 0 Å². The lowest BCUT2D eigenvalue weighted by Gasteiger charge is -2.11. The number of guanidine groups is 1. The number of allylic oxidation sites excluding steroid dienone is 1. The third-order valence-electron chi connectivity index (χ3n) is 4.11. The maximum Gasteiger partial charge on any atom is 0.192 e. The van der Waals surface area contributed by atoms with Crippen LogP contribution in [0.5, 0.6) is 0 Å². The van der Waals surface area contributed by atoms with Gasteiger partial charge in [0.15, 0.2) is 5.96 Å². The van der Waals surface area contributed by atoms with Crippen molar-refractivity contribution in [3.8, 4) is 6.07 Å². The molecule has 2 aromatic carbocycles. The van der Waals surface area contributed by atoms with Gasteiger partial charge in [-0.1, -0.05) is 48.9 Å². The van der Waals surface area contributed by atoms with Gasteiger partial charge in [0, 0.05) is 5.02 Å². The van der Waals surface area contributed by atoms with Gasteiger partial charge in [0.1, 0.15) is 12.4 Å². The van der Waals surface area contributed by atoms with Gasteiger partial charge in [-0.15, -0.1) is 0 Å². The molecule has 0 saturated carbocycles. The van der Waals surface area contributed by atoms with Crippen LogP contribution in [0.15, 0.2) is 46.4 Å². The molecule has 6 heteroatoms. The summed E-state index contributed by atoms with van der Waals surface area (Å²) in [5.74, 6) is 0.128. The van der Waals surface area contributed by atoms with Crippen molar-refractivity contribution in [2.45, 2.75) is 26.7 Å². The van der Waals surface area contributed by atoms with Gasteiger partial charge < -0.3 is 11.5 Å². The highest BCUT2D eigenvalue weighted by atomic mass is 35.5. The third-order valence-corrected chi connectivity index (χ3v) is 4.70. The van der Waals surface area contributed by atoms with Crippen LogP contribution in [0.3, 0.4) is 0 Å². The van der Waals surface area contributed by atoms with Crippen LogP contribution in [0.25, 0.3) is 6.08 Å². The molecule has 27 heavy (non-hydrogen) atoms. The van der Waals surface area contributed by atoms with E-state index < -0.39 is 0 Å². The minimum Gasteiger partial charge on any atom is -0.370 e. The molecule has 0 aliphatic heterocycles. The molecular formula is C21H22ClN5. The highest BCUT2D eigenvalue weighted by Gasteiger charge is 2.07. The van der Waals surface area contributed by atoms with Gasteiger partial charge in [0.05, 0.1) is 11.3 Å². The van der Waals surface area contributed by atoms with Crippen molar-refractivity contribution in [1.29, 1.82) is 5.26 Å². The van der Waals surface area contributed by atoms with Crippen molar-refractivity contribution in [3.63, 3.8) is 0 Å². The summed E-state index contributed by atoms with van der Waals surface area (Å²) >= 11 is 6.25. The van der Waals surface area contributed by atoms with E-state index in [1.165, 1.54) is 11.9 Å². The van der Waals surface area contributed by atoms with Crippen LogP contribution in [0.2, 0.25) is 5.02 Å². The first-order valence-corrected chi connectivity index (χ1v) is 8.80. The Hall–Kier alpha value is -3.10. The number of rotatable bonds is 5. The highest BCUT2D eigenvalue weighted by Crippen LogP contribution is 2.27. The smallest absolute Gasteiger partial charge is 0.192 e. The summed E-state index contributed by atoms with van der Waals surface area (Å²) in [5, 5.41) is 10.2. The van der Waals surface area contributed by atoms with Crippen LogP contribution >= 0.6 is 11.6 Å².